The molecular formula is C15H19ClF3N3O2. The van der Waals surface area contributed by atoms with Gasteiger partial charge >= 0.3 is 6.18 Å². The Morgan fingerprint density at radius 3 is 2.54 bits per heavy atom. The highest BCUT2D eigenvalue weighted by atomic mass is 35.5. The van der Waals surface area contributed by atoms with Gasteiger partial charge in [0.1, 0.15) is 0 Å². The van der Waals surface area contributed by atoms with Gasteiger partial charge in [-0.15, -0.1) is 12.4 Å². The highest BCUT2D eigenvalue weighted by Gasteiger charge is 2.32. The van der Waals surface area contributed by atoms with Gasteiger partial charge in [0.05, 0.1) is 5.56 Å². The molecule has 0 bridgehead atoms. The molecule has 1 aromatic carbocycles. The fourth-order valence-electron chi connectivity index (χ4n) is 2.45. The molecule has 1 saturated heterocycles. The number of rotatable bonds is 4. The molecule has 24 heavy (non-hydrogen) atoms. The van der Waals surface area contributed by atoms with E-state index in [1.54, 1.807) is 0 Å². The zero-order valence-electron chi connectivity index (χ0n) is 13.0. The molecule has 0 spiro atoms. The number of nitrogens with one attached hydrogen (secondary N) is 3. The maximum absolute atomic E-state index is 12.9. The van der Waals surface area contributed by atoms with Crippen LogP contribution in [0.2, 0.25) is 0 Å². The molecule has 1 atom stereocenters. The van der Waals surface area contributed by atoms with Gasteiger partial charge in [0.15, 0.2) is 0 Å². The first-order valence-electron chi connectivity index (χ1n) is 7.27. The van der Waals surface area contributed by atoms with E-state index in [2.05, 4.69) is 16.0 Å². The molecule has 0 radical (unpaired) electrons. The van der Waals surface area contributed by atoms with E-state index < -0.39 is 23.6 Å². The van der Waals surface area contributed by atoms with E-state index in [0.29, 0.717) is 6.54 Å². The van der Waals surface area contributed by atoms with E-state index in [0.717, 1.165) is 31.5 Å². The van der Waals surface area contributed by atoms with E-state index in [1.165, 1.54) is 13.0 Å². The third-order valence-corrected chi connectivity index (χ3v) is 3.51. The molecule has 0 aliphatic carbocycles. The van der Waals surface area contributed by atoms with Gasteiger partial charge in [0.25, 0.3) is 5.91 Å². The molecule has 1 heterocycles. The number of carbonyl (C=O) groups is 2. The van der Waals surface area contributed by atoms with Crippen LogP contribution in [-0.2, 0) is 11.0 Å². The van der Waals surface area contributed by atoms with Crippen molar-refractivity contribution < 1.29 is 22.8 Å². The highest BCUT2D eigenvalue weighted by Crippen LogP contribution is 2.32. The molecule has 1 aromatic rings. The Labute approximate surface area is 143 Å². The molecule has 5 nitrogen and oxygen atoms in total. The van der Waals surface area contributed by atoms with E-state index >= 15 is 0 Å². The fraction of sp³-hybridized carbons (Fsp3) is 0.467. The van der Waals surface area contributed by atoms with Gasteiger partial charge in [-0.2, -0.15) is 13.2 Å². The molecule has 1 fully saturated rings. The summed E-state index contributed by atoms with van der Waals surface area (Å²) in [5, 5.41) is 8.08. The van der Waals surface area contributed by atoms with Crippen LogP contribution in [0.3, 0.4) is 0 Å². The predicted octanol–water partition coefficient (Wildman–Crippen LogP) is 2.57. The summed E-state index contributed by atoms with van der Waals surface area (Å²) in [6, 6.07) is 2.95. The molecule has 134 valence electrons. The average molecular weight is 366 g/mol. The van der Waals surface area contributed by atoms with E-state index in [-0.39, 0.29) is 29.7 Å². The minimum atomic E-state index is -4.60. The van der Waals surface area contributed by atoms with Crippen molar-refractivity contribution >= 4 is 29.9 Å². The van der Waals surface area contributed by atoms with Crippen LogP contribution in [0.1, 0.15) is 35.7 Å². The normalized spacial score (nSPS) is 17.1. The van der Waals surface area contributed by atoms with Crippen molar-refractivity contribution in [2.24, 2.45) is 0 Å². The lowest BCUT2D eigenvalue weighted by atomic mass is 10.1. The SMILES string of the molecule is CC(=O)Nc1cc(C(=O)NCC2CCCN2)cc(C(F)(F)F)c1.Cl. The van der Waals surface area contributed by atoms with Gasteiger partial charge in [-0.1, -0.05) is 0 Å². The Balaban J connectivity index is 0.00000288. The number of hydrogen-bond donors (Lipinski definition) is 3. The molecule has 1 aliphatic heterocycles. The van der Waals surface area contributed by atoms with Crippen LogP contribution in [0, 0.1) is 0 Å². The summed E-state index contributed by atoms with van der Waals surface area (Å²) in [4.78, 5) is 23.2. The summed E-state index contributed by atoms with van der Waals surface area (Å²) in [5.74, 6) is -1.11. The lowest BCUT2D eigenvalue weighted by Crippen LogP contribution is -2.37. The van der Waals surface area contributed by atoms with Crippen molar-refractivity contribution in [1.82, 2.24) is 10.6 Å². The van der Waals surface area contributed by atoms with Gasteiger partial charge in [-0.3, -0.25) is 9.59 Å². The molecule has 2 amide bonds. The predicted molar refractivity (Wildman–Crippen MR) is 86.4 cm³/mol. The summed E-state index contributed by atoms with van der Waals surface area (Å²) in [5.41, 5.74) is -1.18. The van der Waals surface area contributed by atoms with E-state index in [4.69, 9.17) is 0 Å². The van der Waals surface area contributed by atoms with Crippen LogP contribution < -0.4 is 16.0 Å². The van der Waals surface area contributed by atoms with Crippen LogP contribution in [0.4, 0.5) is 18.9 Å². The first-order chi connectivity index (χ1) is 10.8. The van der Waals surface area contributed by atoms with Crippen LogP contribution in [0.25, 0.3) is 0 Å². The first-order valence-corrected chi connectivity index (χ1v) is 7.27. The van der Waals surface area contributed by atoms with Crippen molar-refractivity contribution in [2.45, 2.75) is 32.0 Å². The van der Waals surface area contributed by atoms with Crippen molar-refractivity contribution in [1.29, 1.82) is 0 Å². The smallest absolute Gasteiger partial charge is 0.350 e. The quantitative estimate of drug-likeness (QED) is 0.768. The van der Waals surface area contributed by atoms with Crippen LogP contribution in [0.15, 0.2) is 18.2 Å². The molecule has 1 unspecified atom stereocenters. The largest absolute Gasteiger partial charge is 0.416 e. The topological polar surface area (TPSA) is 70.2 Å². The average Bonchev–Trinajstić information content (AvgIpc) is 2.96. The summed E-state index contributed by atoms with van der Waals surface area (Å²) >= 11 is 0. The van der Waals surface area contributed by atoms with Crippen molar-refractivity contribution in [3.63, 3.8) is 0 Å². The zero-order chi connectivity index (χ0) is 17.0. The number of halogens is 4. The molecular weight excluding hydrogens is 347 g/mol. The standard InChI is InChI=1S/C15H18F3N3O2.ClH/c1-9(22)21-13-6-10(5-11(7-13)15(16,17)18)14(23)20-8-12-3-2-4-19-12;/h5-7,12,19H,2-4,8H2,1H3,(H,20,23)(H,21,22);1H. The minimum Gasteiger partial charge on any atom is -0.350 e. The van der Waals surface area contributed by atoms with E-state index in [9.17, 15) is 22.8 Å². The Bertz CT molecular complexity index is 602. The molecule has 9 heteroatoms. The number of amides is 2. The van der Waals surface area contributed by atoms with Gasteiger partial charge in [0, 0.05) is 30.8 Å². The Morgan fingerprint density at radius 1 is 1.29 bits per heavy atom. The second kappa shape index (κ2) is 8.34. The first kappa shape index (κ1) is 20.2. The second-order valence-electron chi connectivity index (χ2n) is 5.48. The Hall–Kier alpha value is -1.80. The van der Waals surface area contributed by atoms with Gasteiger partial charge in [-0.05, 0) is 37.6 Å². The number of hydrogen-bond acceptors (Lipinski definition) is 3. The van der Waals surface area contributed by atoms with Crippen molar-refractivity contribution in [3.8, 4) is 0 Å². The van der Waals surface area contributed by atoms with Gasteiger partial charge in [0.2, 0.25) is 5.91 Å². The summed E-state index contributed by atoms with van der Waals surface area (Å²) < 4.78 is 38.8. The zero-order valence-corrected chi connectivity index (χ0v) is 13.8. The lowest BCUT2D eigenvalue weighted by Gasteiger charge is -2.14. The second-order valence-corrected chi connectivity index (χ2v) is 5.48. The molecule has 0 aromatic heterocycles. The molecule has 1 aliphatic rings. The van der Waals surface area contributed by atoms with E-state index in [1.807, 2.05) is 0 Å². The molecule has 2 rings (SSSR count). The summed E-state index contributed by atoms with van der Waals surface area (Å²) in [7, 11) is 0. The monoisotopic (exact) mass is 365 g/mol. The maximum atomic E-state index is 12.9. The van der Waals surface area contributed by atoms with Gasteiger partial charge in [-0.25, -0.2) is 0 Å². The lowest BCUT2D eigenvalue weighted by molar-refractivity contribution is -0.137. The number of carbonyl (C=O) groups excluding carboxylic acids is 2. The van der Waals surface area contributed by atoms with Crippen molar-refractivity contribution in [2.75, 3.05) is 18.4 Å². The molecule has 0 saturated carbocycles. The maximum Gasteiger partial charge on any atom is 0.416 e. The number of benzene rings is 1. The van der Waals surface area contributed by atoms with Crippen LogP contribution in [-0.4, -0.2) is 30.9 Å². The van der Waals surface area contributed by atoms with Crippen molar-refractivity contribution in [3.05, 3.63) is 29.3 Å². The third kappa shape index (κ3) is 5.68. The van der Waals surface area contributed by atoms with Gasteiger partial charge < -0.3 is 16.0 Å². The molecule has 3 N–H and O–H groups in total. The third-order valence-electron chi connectivity index (χ3n) is 3.51. The Kier molecular flexibility index (Phi) is 7.04. The summed E-state index contributed by atoms with van der Waals surface area (Å²) in [6.07, 6.45) is -2.67. The minimum absolute atomic E-state index is 0. The summed E-state index contributed by atoms with van der Waals surface area (Å²) in [6.45, 7) is 2.41. The number of alkyl halides is 3. The highest BCUT2D eigenvalue weighted by molar-refractivity contribution is 5.97. The van der Waals surface area contributed by atoms with Crippen LogP contribution in [0.5, 0.6) is 0 Å². The Morgan fingerprint density at radius 2 is 2.00 bits per heavy atom. The van der Waals surface area contributed by atoms with Crippen LogP contribution >= 0.6 is 12.4 Å². The fourth-order valence-corrected chi connectivity index (χ4v) is 2.45. The number of anilines is 1.